The number of hydrazone groups is 1. The predicted octanol–water partition coefficient (Wildman–Crippen LogP) is 2.72. The van der Waals surface area contributed by atoms with Gasteiger partial charge in [0.05, 0.1) is 11.9 Å². The van der Waals surface area contributed by atoms with E-state index in [1.54, 1.807) is 54.7 Å². The van der Waals surface area contributed by atoms with Gasteiger partial charge in [-0.1, -0.05) is 60.7 Å². The van der Waals surface area contributed by atoms with Crippen molar-refractivity contribution in [3.8, 4) is 0 Å². The van der Waals surface area contributed by atoms with Gasteiger partial charge in [-0.25, -0.2) is 5.43 Å². The SMILES string of the molecule is Cc1ccc(/C=N/NC(=O)C(O)(c2ccccc2)c2ccccc2)n1C. The van der Waals surface area contributed by atoms with Crippen LogP contribution in [0.4, 0.5) is 0 Å². The maximum Gasteiger partial charge on any atom is 0.281 e. The highest BCUT2D eigenvalue weighted by Gasteiger charge is 2.39. The van der Waals surface area contributed by atoms with Crippen LogP contribution in [0.2, 0.25) is 0 Å². The molecule has 2 N–H and O–H groups in total. The summed E-state index contributed by atoms with van der Waals surface area (Å²) >= 11 is 0. The Balaban J connectivity index is 1.90. The van der Waals surface area contributed by atoms with Gasteiger partial charge in [-0.15, -0.1) is 0 Å². The summed E-state index contributed by atoms with van der Waals surface area (Å²) in [7, 11) is 1.92. The van der Waals surface area contributed by atoms with Crippen molar-refractivity contribution in [1.29, 1.82) is 0 Å². The third-order valence-corrected chi connectivity index (χ3v) is 4.49. The van der Waals surface area contributed by atoms with Gasteiger partial charge in [0.15, 0.2) is 5.60 Å². The fraction of sp³-hybridized carbons (Fsp3) is 0.143. The van der Waals surface area contributed by atoms with E-state index in [0.29, 0.717) is 11.1 Å². The van der Waals surface area contributed by atoms with Crippen LogP contribution < -0.4 is 5.43 Å². The molecule has 1 heterocycles. The largest absolute Gasteiger partial charge is 0.372 e. The van der Waals surface area contributed by atoms with E-state index in [-0.39, 0.29) is 0 Å². The summed E-state index contributed by atoms with van der Waals surface area (Å²) in [5.74, 6) is -0.614. The van der Waals surface area contributed by atoms with Crippen molar-refractivity contribution in [2.45, 2.75) is 12.5 Å². The molecule has 0 aliphatic heterocycles. The molecule has 0 atom stereocenters. The van der Waals surface area contributed by atoms with Crippen LogP contribution in [-0.4, -0.2) is 21.8 Å². The number of aliphatic hydroxyl groups is 1. The molecule has 2 aromatic carbocycles. The number of nitrogens with one attached hydrogen (secondary N) is 1. The van der Waals surface area contributed by atoms with Crippen LogP contribution in [0.1, 0.15) is 22.5 Å². The fourth-order valence-electron chi connectivity index (χ4n) is 2.79. The second kappa shape index (κ2) is 7.37. The molecule has 0 aliphatic carbocycles. The minimum Gasteiger partial charge on any atom is -0.372 e. The Kier molecular flexibility index (Phi) is 5.00. The molecule has 0 spiro atoms. The average Bonchev–Trinajstić information content (AvgIpc) is 3.01. The number of carbonyl (C=O) groups is 1. The predicted molar refractivity (Wildman–Crippen MR) is 102 cm³/mol. The minimum atomic E-state index is -1.83. The molecule has 1 aromatic heterocycles. The van der Waals surface area contributed by atoms with Crippen LogP contribution in [0.25, 0.3) is 0 Å². The van der Waals surface area contributed by atoms with Crippen molar-refractivity contribution in [2.24, 2.45) is 12.1 Å². The van der Waals surface area contributed by atoms with E-state index in [1.807, 2.05) is 42.8 Å². The molecule has 0 aliphatic rings. The summed E-state index contributed by atoms with van der Waals surface area (Å²) in [6.07, 6.45) is 1.56. The lowest BCUT2D eigenvalue weighted by molar-refractivity contribution is -0.136. The molecule has 26 heavy (non-hydrogen) atoms. The zero-order valence-electron chi connectivity index (χ0n) is 14.8. The van der Waals surface area contributed by atoms with Gasteiger partial charge in [-0.2, -0.15) is 5.10 Å². The number of benzene rings is 2. The molecular weight excluding hydrogens is 326 g/mol. The van der Waals surface area contributed by atoms with Crippen LogP contribution in [-0.2, 0) is 17.4 Å². The lowest BCUT2D eigenvalue weighted by Gasteiger charge is -2.27. The van der Waals surface area contributed by atoms with E-state index in [9.17, 15) is 9.90 Å². The molecule has 0 unspecified atom stereocenters. The highest BCUT2D eigenvalue weighted by molar-refractivity contribution is 5.91. The third kappa shape index (κ3) is 3.30. The van der Waals surface area contributed by atoms with Gasteiger partial charge < -0.3 is 9.67 Å². The molecule has 1 amide bonds. The zero-order valence-corrected chi connectivity index (χ0v) is 14.8. The third-order valence-electron chi connectivity index (χ3n) is 4.49. The van der Waals surface area contributed by atoms with Gasteiger partial charge in [0.2, 0.25) is 0 Å². The van der Waals surface area contributed by atoms with Crippen molar-refractivity contribution in [1.82, 2.24) is 9.99 Å². The molecule has 0 fully saturated rings. The first kappa shape index (κ1) is 17.6. The van der Waals surface area contributed by atoms with Crippen LogP contribution in [0.5, 0.6) is 0 Å². The Morgan fingerprint density at radius 3 is 2.00 bits per heavy atom. The van der Waals surface area contributed by atoms with E-state index in [2.05, 4.69) is 10.5 Å². The number of nitrogens with zero attached hydrogens (tertiary/aromatic N) is 2. The van der Waals surface area contributed by atoms with Gasteiger partial charge in [0.1, 0.15) is 0 Å². The van der Waals surface area contributed by atoms with Crippen LogP contribution >= 0.6 is 0 Å². The van der Waals surface area contributed by atoms with Crippen LogP contribution in [0.15, 0.2) is 77.9 Å². The number of aromatic nitrogens is 1. The fourth-order valence-corrected chi connectivity index (χ4v) is 2.79. The molecule has 132 valence electrons. The van der Waals surface area contributed by atoms with E-state index < -0.39 is 11.5 Å². The van der Waals surface area contributed by atoms with E-state index in [0.717, 1.165) is 11.4 Å². The van der Waals surface area contributed by atoms with Crippen LogP contribution in [0, 0.1) is 6.92 Å². The summed E-state index contributed by atoms with van der Waals surface area (Å²) in [5, 5.41) is 15.3. The lowest BCUT2D eigenvalue weighted by Crippen LogP contribution is -2.43. The van der Waals surface area contributed by atoms with E-state index >= 15 is 0 Å². The number of hydrogen-bond acceptors (Lipinski definition) is 3. The number of hydrogen-bond donors (Lipinski definition) is 2. The quantitative estimate of drug-likeness (QED) is 0.550. The Hall–Kier alpha value is -3.18. The molecule has 0 radical (unpaired) electrons. The zero-order chi connectivity index (χ0) is 18.6. The Morgan fingerprint density at radius 1 is 1.00 bits per heavy atom. The maximum absolute atomic E-state index is 12.9. The number of carbonyl (C=O) groups excluding carboxylic acids is 1. The van der Waals surface area contributed by atoms with Gasteiger partial charge in [0.25, 0.3) is 5.91 Å². The van der Waals surface area contributed by atoms with Crippen molar-refractivity contribution in [3.63, 3.8) is 0 Å². The van der Waals surface area contributed by atoms with Gasteiger partial charge in [-0.05, 0) is 30.2 Å². The van der Waals surface area contributed by atoms with Crippen molar-refractivity contribution in [3.05, 3.63) is 95.3 Å². The average molecular weight is 347 g/mol. The number of aryl methyl sites for hydroxylation is 1. The van der Waals surface area contributed by atoms with Gasteiger partial charge in [0, 0.05) is 12.7 Å². The first-order chi connectivity index (χ1) is 12.5. The molecule has 0 bridgehead atoms. The molecule has 0 saturated carbocycles. The summed E-state index contributed by atoms with van der Waals surface area (Å²) < 4.78 is 1.95. The molecule has 3 aromatic rings. The Morgan fingerprint density at radius 2 is 1.54 bits per heavy atom. The molecule has 5 nitrogen and oxygen atoms in total. The molecule has 3 rings (SSSR count). The van der Waals surface area contributed by atoms with Crippen molar-refractivity contribution < 1.29 is 9.90 Å². The second-order valence-electron chi connectivity index (χ2n) is 6.10. The van der Waals surface area contributed by atoms with Gasteiger partial charge in [-0.3, -0.25) is 4.79 Å². The summed E-state index contributed by atoms with van der Waals surface area (Å²) in [6, 6.07) is 21.6. The maximum atomic E-state index is 12.9. The van der Waals surface area contributed by atoms with Crippen molar-refractivity contribution in [2.75, 3.05) is 0 Å². The first-order valence-electron chi connectivity index (χ1n) is 8.32. The van der Waals surface area contributed by atoms with Gasteiger partial charge >= 0.3 is 0 Å². The highest BCUT2D eigenvalue weighted by atomic mass is 16.3. The number of amides is 1. The summed E-state index contributed by atoms with van der Waals surface area (Å²) in [5.41, 5.74) is 3.54. The summed E-state index contributed by atoms with van der Waals surface area (Å²) in [6.45, 7) is 1.99. The van der Waals surface area contributed by atoms with Crippen LogP contribution in [0.3, 0.4) is 0 Å². The molecule has 0 saturated heterocycles. The second-order valence-corrected chi connectivity index (χ2v) is 6.10. The van der Waals surface area contributed by atoms with E-state index in [4.69, 9.17) is 0 Å². The number of rotatable bonds is 5. The first-order valence-corrected chi connectivity index (χ1v) is 8.32. The van der Waals surface area contributed by atoms with E-state index in [1.165, 1.54) is 0 Å². The Labute approximate surface area is 152 Å². The standard InChI is InChI=1S/C21H21N3O2/c1-16-13-14-19(24(16)2)15-22-23-20(25)21(26,17-9-5-3-6-10-17)18-11-7-4-8-12-18/h3-15,26H,1-2H3,(H,23,25)/b22-15+. The summed E-state index contributed by atoms with van der Waals surface area (Å²) in [4.78, 5) is 12.9. The smallest absolute Gasteiger partial charge is 0.281 e. The minimum absolute atomic E-state index is 0.480. The highest BCUT2D eigenvalue weighted by Crippen LogP contribution is 2.29. The van der Waals surface area contributed by atoms with Crippen molar-refractivity contribution >= 4 is 12.1 Å². The molecular formula is C21H21N3O2. The topological polar surface area (TPSA) is 66.6 Å². The molecule has 5 heteroatoms. The normalized spacial score (nSPS) is 11.7. The monoisotopic (exact) mass is 347 g/mol. The Bertz CT molecular complexity index is 875. The lowest BCUT2D eigenvalue weighted by atomic mass is 9.85.